The number of phenolic OH excluding ortho intramolecular Hbond substituents is 1. The molecule has 0 atom stereocenters. The fourth-order valence-corrected chi connectivity index (χ4v) is 1.89. The zero-order chi connectivity index (χ0) is 15.9. The summed E-state index contributed by atoms with van der Waals surface area (Å²) in [5.74, 6) is 0.445. The zero-order valence-corrected chi connectivity index (χ0v) is 12.5. The minimum absolute atomic E-state index is 0.0942. The van der Waals surface area contributed by atoms with Crippen LogP contribution in [0.15, 0.2) is 42.5 Å². The van der Waals surface area contributed by atoms with E-state index in [2.05, 4.69) is 0 Å². The highest BCUT2D eigenvalue weighted by atomic mass is 16.6. The Labute approximate surface area is 129 Å². The van der Waals surface area contributed by atoms with Gasteiger partial charge in [-0.2, -0.15) is 0 Å². The van der Waals surface area contributed by atoms with E-state index in [1.807, 2.05) is 31.2 Å². The maximum absolute atomic E-state index is 11.9. The van der Waals surface area contributed by atoms with Gasteiger partial charge in [0.05, 0.1) is 7.11 Å². The molecular formula is C17H18O5. The van der Waals surface area contributed by atoms with Gasteiger partial charge in [-0.15, -0.1) is 0 Å². The molecule has 0 bridgehead atoms. The molecule has 0 aromatic heterocycles. The van der Waals surface area contributed by atoms with E-state index in [-0.39, 0.29) is 24.5 Å². The number of ether oxygens (including phenoxy) is 3. The number of rotatable bonds is 6. The molecule has 0 aliphatic heterocycles. The maximum atomic E-state index is 11.9. The summed E-state index contributed by atoms with van der Waals surface area (Å²) in [5.41, 5.74) is 1.11. The summed E-state index contributed by atoms with van der Waals surface area (Å²) in [6, 6.07) is 12.0. The monoisotopic (exact) mass is 302 g/mol. The average molecular weight is 302 g/mol. The number of benzene rings is 2. The van der Waals surface area contributed by atoms with E-state index in [1.165, 1.54) is 19.2 Å². The van der Waals surface area contributed by atoms with Crippen molar-refractivity contribution < 1.29 is 24.1 Å². The molecule has 2 rings (SSSR count). The van der Waals surface area contributed by atoms with Gasteiger partial charge in [0.1, 0.15) is 36.0 Å². The second kappa shape index (κ2) is 7.36. The van der Waals surface area contributed by atoms with Crippen LogP contribution in [0.3, 0.4) is 0 Å². The Bertz CT molecular complexity index is 651. The summed E-state index contributed by atoms with van der Waals surface area (Å²) in [6.07, 6.45) is 0. The lowest BCUT2D eigenvalue weighted by atomic mass is 10.2. The topological polar surface area (TPSA) is 65.0 Å². The Balaban J connectivity index is 1.84. The Morgan fingerprint density at radius 3 is 2.59 bits per heavy atom. The SMILES string of the molecule is COc1ccc(C(=O)OCCOc2ccccc2C)c(O)c1. The first-order valence-electron chi connectivity index (χ1n) is 6.84. The van der Waals surface area contributed by atoms with Gasteiger partial charge in [0, 0.05) is 6.07 Å². The van der Waals surface area contributed by atoms with Crippen LogP contribution in [0.25, 0.3) is 0 Å². The van der Waals surface area contributed by atoms with E-state index in [0.717, 1.165) is 11.3 Å². The van der Waals surface area contributed by atoms with E-state index in [1.54, 1.807) is 6.07 Å². The number of aromatic hydroxyl groups is 1. The second-order valence-electron chi connectivity index (χ2n) is 4.63. The van der Waals surface area contributed by atoms with Crippen LogP contribution in [0, 0.1) is 6.92 Å². The maximum Gasteiger partial charge on any atom is 0.342 e. The highest BCUT2D eigenvalue weighted by Crippen LogP contribution is 2.24. The highest BCUT2D eigenvalue weighted by Gasteiger charge is 2.13. The van der Waals surface area contributed by atoms with Gasteiger partial charge in [0.25, 0.3) is 0 Å². The summed E-state index contributed by atoms with van der Waals surface area (Å²) in [5, 5.41) is 9.75. The van der Waals surface area contributed by atoms with Crippen molar-refractivity contribution in [1.82, 2.24) is 0 Å². The second-order valence-corrected chi connectivity index (χ2v) is 4.63. The summed E-state index contributed by atoms with van der Waals surface area (Å²) < 4.78 is 15.6. The lowest BCUT2D eigenvalue weighted by molar-refractivity contribution is 0.0447. The number of phenols is 1. The smallest absolute Gasteiger partial charge is 0.342 e. The van der Waals surface area contributed by atoms with Gasteiger partial charge in [0.15, 0.2) is 0 Å². The molecule has 0 saturated heterocycles. The molecule has 5 nitrogen and oxygen atoms in total. The number of carbonyl (C=O) groups excluding carboxylic acids is 1. The van der Waals surface area contributed by atoms with Gasteiger partial charge < -0.3 is 19.3 Å². The summed E-state index contributed by atoms with van der Waals surface area (Å²) in [6.45, 7) is 2.28. The predicted octanol–water partition coefficient (Wildman–Crippen LogP) is 2.95. The fraction of sp³-hybridized carbons (Fsp3) is 0.235. The predicted molar refractivity (Wildman–Crippen MR) is 81.6 cm³/mol. The van der Waals surface area contributed by atoms with E-state index in [0.29, 0.717) is 5.75 Å². The molecule has 2 aromatic rings. The Kier molecular flexibility index (Phi) is 5.25. The first-order chi connectivity index (χ1) is 10.6. The molecule has 1 N–H and O–H groups in total. The van der Waals surface area contributed by atoms with Crippen molar-refractivity contribution in [2.45, 2.75) is 6.92 Å². The molecule has 116 valence electrons. The minimum atomic E-state index is -0.603. The van der Waals surface area contributed by atoms with Gasteiger partial charge in [-0.05, 0) is 30.7 Å². The summed E-state index contributed by atoms with van der Waals surface area (Å²) >= 11 is 0. The number of methoxy groups -OCH3 is 1. The third-order valence-corrected chi connectivity index (χ3v) is 3.09. The lowest BCUT2D eigenvalue weighted by Gasteiger charge is -2.10. The molecule has 0 spiro atoms. The first-order valence-corrected chi connectivity index (χ1v) is 6.84. The minimum Gasteiger partial charge on any atom is -0.507 e. The quantitative estimate of drug-likeness (QED) is 0.656. The molecule has 2 aromatic carbocycles. The molecule has 0 radical (unpaired) electrons. The number of para-hydroxylation sites is 1. The standard InChI is InChI=1S/C17H18O5/c1-12-5-3-4-6-16(12)21-9-10-22-17(19)14-8-7-13(20-2)11-15(14)18/h3-8,11,18H,9-10H2,1-2H3. The van der Waals surface area contributed by atoms with Crippen LogP contribution in [-0.2, 0) is 4.74 Å². The van der Waals surface area contributed by atoms with Crippen LogP contribution in [0.1, 0.15) is 15.9 Å². The molecule has 0 fully saturated rings. The van der Waals surface area contributed by atoms with Gasteiger partial charge in [0.2, 0.25) is 0 Å². The molecule has 22 heavy (non-hydrogen) atoms. The molecule has 0 saturated carbocycles. The van der Waals surface area contributed by atoms with Crippen LogP contribution in [0.4, 0.5) is 0 Å². The van der Waals surface area contributed by atoms with E-state index in [4.69, 9.17) is 14.2 Å². The molecule has 0 amide bonds. The molecular weight excluding hydrogens is 284 g/mol. The number of hydrogen-bond acceptors (Lipinski definition) is 5. The van der Waals surface area contributed by atoms with Crippen molar-refractivity contribution in [3.05, 3.63) is 53.6 Å². The number of carbonyl (C=O) groups is 1. The van der Waals surface area contributed by atoms with Crippen molar-refractivity contribution in [3.63, 3.8) is 0 Å². The molecule has 0 aliphatic carbocycles. The zero-order valence-electron chi connectivity index (χ0n) is 12.5. The molecule has 0 heterocycles. The third-order valence-electron chi connectivity index (χ3n) is 3.09. The van der Waals surface area contributed by atoms with Gasteiger partial charge in [-0.3, -0.25) is 0 Å². The Hall–Kier alpha value is -2.69. The van der Waals surface area contributed by atoms with Crippen LogP contribution in [0.5, 0.6) is 17.2 Å². The van der Waals surface area contributed by atoms with Crippen molar-refractivity contribution in [2.75, 3.05) is 20.3 Å². The number of esters is 1. The van der Waals surface area contributed by atoms with Crippen LogP contribution < -0.4 is 9.47 Å². The van der Waals surface area contributed by atoms with Gasteiger partial charge >= 0.3 is 5.97 Å². The van der Waals surface area contributed by atoms with Crippen LogP contribution in [-0.4, -0.2) is 31.4 Å². The normalized spacial score (nSPS) is 10.1. The van der Waals surface area contributed by atoms with E-state index < -0.39 is 5.97 Å². The highest BCUT2D eigenvalue weighted by molar-refractivity contribution is 5.92. The number of aryl methyl sites for hydroxylation is 1. The van der Waals surface area contributed by atoms with Crippen molar-refractivity contribution in [2.24, 2.45) is 0 Å². The van der Waals surface area contributed by atoms with Crippen molar-refractivity contribution in [3.8, 4) is 17.2 Å². The first kappa shape index (κ1) is 15.7. The third kappa shape index (κ3) is 3.91. The van der Waals surface area contributed by atoms with Crippen LogP contribution in [0.2, 0.25) is 0 Å². The summed E-state index contributed by atoms with van der Waals surface area (Å²) in [4.78, 5) is 11.9. The molecule has 0 aliphatic rings. The Morgan fingerprint density at radius 1 is 1.14 bits per heavy atom. The Morgan fingerprint density at radius 2 is 1.91 bits per heavy atom. The van der Waals surface area contributed by atoms with E-state index in [9.17, 15) is 9.90 Å². The lowest BCUT2D eigenvalue weighted by Crippen LogP contribution is -2.12. The van der Waals surface area contributed by atoms with Gasteiger partial charge in [-0.1, -0.05) is 18.2 Å². The van der Waals surface area contributed by atoms with E-state index >= 15 is 0 Å². The average Bonchev–Trinajstić information content (AvgIpc) is 2.52. The van der Waals surface area contributed by atoms with Crippen LogP contribution >= 0.6 is 0 Å². The molecule has 0 unspecified atom stereocenters. The van der Waals surface area contributed by atoms with Crippen molar-refractivity contribution in [1.29, 1.82) is 0 Å². The van der Waals surface area contributed by atoms with Crippen molar-refractivity contribution >= 4 is 5.97 Å². The summed E-state index contributed by atoms with van der Waals surface area (Å²) in [7, 11) is 1.48. The fourth-order valence-electron chi connectivity index (χ4n) is 1.89. The molecule has 5 heteroatoms. The van der Waals surface area contributed by atoms with Gasteiger partial charge in [-0.25, -0.2) is 4.79 Å². The largest absolute Gasteiger partial charge is 0.507 e. The number of hydrogen-bond donors (Lipinski definition) is 1.